The van der Waals surface area contributed by atoms with E-state index in [0.29, 0.717) is 10.4 Å². The van der Waals surface area contributed by atoms with Crippen LogP contribution in [-0.4, -0.2) is 19.5 Å². The van der Waals surface area contributed by atoms with Gasteiger partial charge in [-0.2, -0.15) is 0 Å². The summed E-state index contributed by atoms with van der Waals surface area (Å²) >= 11 is 4.34. The highest BCUT2D eigenvalue weighted by Crippen LogP contribution is 2.26. The van der Waals surface area contributed by atoms with Crippen molar-refractivity contribution in [3.05, 3.63) is 50.1 Å². The van der Waals surface area contributed by atoms with Crippen LogP contribution in [0.1, 0.15) is 20.1 Å². The molecule has 0 atom stereocenters. The molecule has 0 unspecified atom stereocenters. The van der Waals surface area contributed by atoms with Gasteiger partial charge in [-0.25, -0.2) is 13.2 Å². The molecular weight excluding hydrogens is 364 g/mol. The van der Waals surface area contributed by atoms with Crippen LogP contribution in [0.3, 0.4) is 0 Å². The first kappa shape index (κ1) is 15.2. The maximum absolute atomic E-state index is 12.3. The lowest BCUT2D eigenvalue weighted by molar-refractivity contribution is 0.0702. The molecule has 106 valence electrons. The third-order valence-electron chi connectivity index (χ3n) is 2.75. The molecule has 0 aliphatic rings. The van der Waals surface area contributed by atoms with E-state index in [1.165, 1.54) is 18.2 Å². The van der Waals surface area contributed by atoms with Crippen LogP contribution in [0.4, 0.5) is 0 Å². The van der Waals surface area contributed by atoms with E-state index in [1.54, 1.807) is 19.1 Å². The van der Waals surface area contributed by atoms with Crippen LogP contribution in [0.15, 0.2) is 39.7 Å². The van der Waals surface area contributed by atoms with Crippen LogP contribution >= 0.6 is 27.3 Å². The largest absolute Gasteiger partial charge is 0.477 e. The Morgan fingerprint density at radius 1 is 1.30 bits per heavy atom. The van der Waals surface area contributed by atoms with Gasteiger partial charge in [0.1, 0.15) is 4.88 Å². The van der Waals surface area contributed by atoms with Gasteiger partial charge >= 0.3 is 5.97 Å². The summed E-state index contributed by atoms with van der Waals surface area (Å²) in [5.41, 5.74) is 0.537. The fourth-order valence-electron chi connectivity index (χ4n) is 1.70. The molecule has 1 heterocycles. The summed E-state index contributed by atoms with van der Waals surface area (Å²) in [6, 6.07) is 7.81. The summed E-state index contributed by atoms with van der Waals surface area (Å²) in [4.78, 5) is 12.0. The molecule has 0 amide bonds. The fourth-order valence-corrected chi connectivity index (χ4v) is 4.36. The van der Waals surface area contributed by atoms with Crippen molar-refractivity contribution in [2.24, 2.45) is 0 Å². The van der Waals surface area contributed by atoms with Crippen LogP contribution in [0.2, 0.25) is 0 Å². The van der Waals surface area contributed by atoms with Crippen LogP contribution in [0.5, 0.6) is 0 Å². The first-order valence-corrected chi connectivity index (χ1v) is 8.87. The fraction of sp³-hybridized carbons (Fsp3) is 0.154. The summed E-state index contributed by atoms with van der Waals surface area (Å²) in [5.74, 6) is -1.23. The number of carbonyl (C=O) groups is 1. The van der Waals surface area contributed by atoms with Gasteiger partial charge in [-0.15, -0.1) is 11.3 Å². The number of carboxylic acid groups (broad SMARTS) is 1. The monoisotopic (exact) mass is 374 g/mol. The molecule has 0 saturated carbocycles. The zero-order valence-corrected chi connectivity index (χ0v) is 13.7. The molecule has 0 fully saturated rings. The van der Waals surface area contributed by atoms with E-state index in [4.69, 9.17) is 5.11 Å². The first-order valence-electron chi connectivity index (χ1n) is 5.60. The second kappa shape index (κ2) is 5.67. The molecule has 0 aliphatic carbocycles. The maximum Gasteiger partial charge on any atom is 0.345 e. The van der Waals surface area contributed by atoms with Crippen molar-refractivity contribution in [2.45, 2.75) is 17.6 Å². The van der Waals surface area contributed by atoms with Gasteiger partial charge in [0.2, 0.25) is 0 Å². The molecule has 1 aromatic carbocycles. The molecule has 2 aromatic rings. The number of hydrogen-bond acceptors (Lipinski definition) is 4. The van der Waals surface area contributed by atoms with Crippen molar-refractivity contribution in [3.8, 4) is 0 Å². The Morgan fingerprint density at radius 2 is 1.90 bits per heavy atom. The summed E-state index contributed by atoms with van der Waals surface area (Å²) in [6.45, 7) is 1.73. The predicted octanol–water partition coefficient (Wildman–Crippen LogP) is 3.49. The standard InChI is InChI=1S/C13H11BrO4S2/c1-8-9(6-12(19-8)13(15)16)7-20(17,18)11-4-2-10(14)3-5-11/h2-6H,7H2,1H3,(H,15,16). The molecule has 7 heteroatoms. The van der Waals surface area contributed by atoms with E-state index in [2.05, 4.69) is 15.9 Å². The molecule has 0 spiro atoms. The quantitative estimate of drug-likeness (QED) is 0.888. The number of benzene rings is 1. The number of hydrogen-bond donors (Lipinski definition) is 1. The van der Waals surface area contributed by atoms with Gasteiger partial charge in [-0.05, 0) is 42.8 Å². The Bertz CT molecular complexity index is 745. The zero-order valence-electron chi connectivity index (χ0n) is 10.5. The minimum Gasteiger partial charge on any atom is -0.477 e. The van der Waals surface area contributed by atoms with Crippen LogP contribution in [0, 0.1) is 6.92 Å². The normalized spacial score (nSPS) is 11.5. The summed E-state index contributed by atoms with van der Waals surface area (Å²) in [6.07, 6.45) is 0. The number of rotatable bonds is 4. The van der Waals surface area contributed by atoms with Gasteiger partial charge in [-0.1, -0.05) is 15.9 Å². The van der Waals surface area contributed by atoms with Gasteiger partial charge in [0.15, 0.2) is 9.84 Å². The average molecular weight is 375 g/mol. The van der Waals surface area contributed by atoms with Crippen LogP contribution < -0.4 is 0 Å². The van der Waals surface area contributed by atoms with Gasteiger partial charge < -0.3 is 5.11 Å². The van der Waals surface area contributed by atoms with Crippen LogP contribution in [-0.2, 0) is 15.6 Å². The lowest BCUT2D eigenvalue weighted by Crippen LogP contribution is -2.05. The highest BCUT2D eigenvalue weighted by atomic mass is 79.9. The molecule has 2 rings (SSSR count). The van der Waals surface area contributed by atoms with Crippen molar-refractivity contribution >= 4 is 43.1 Å². The summed E-state index contributed by atoms with van der Waals surface area (Å²) < 4.78 is 25.4. The van der Waals surface area contributed by atoms with Crippen molar-refractivity contribution < 1.29 is 18.3 Å². The lowest BCUT2D eigenvalue weighted by atomic mass is 10.3. The minimum absolute atomic E-state index is 0.156. The summed E-state index contributed by atoms with van der Waals surface area (Å²) in [5, 5.41) is 8.92. The predicted molar refractivity (Wildman–Crippen MR) is 81.0 cm³/mol. The minimum atomic E-state index is -3.47. The molecule has 4 nitrogen and oxygen atoms in total. The zero-order chi connectivity index (χ0) is 14.9. The Labute approximate surface area is 129 Å². The Hall–Kier alpha value is -1.18. The van der Waals surface area contributed by atoms with E-state index in [0.717, 1.165) is 15.8 Å². The lowest BCUT2D eigenvalue weighted by Gasteiger charge is -2.04. The number of aryl methyl sites for hydroxylation is 1. The Balaban J connectivity index is 2.33. The summed E-state index contributed by atoms with van der Waals surface area (Å²) in [7, 11) is -3.47. The van der Waals surface area contributed by atoms with Crippen molar-refractivity contribution in [2.75, 3.05) is 0 Å². The van der Waals surface area contributed by atoms with E-state index < -0.39 is 15.8 Å². The second-order valence-electron chi connectivity index (χ2n) is 4.21. The SMILES string of the molecule is Cc1sc(C(=O)O)cc1CS(=O)(=O)c1ccc(Br)cc1. The molecule has 0 radical (unpaired) electrons. The third kappa shape index (κ3) is 3.28. The highest BCUT2D eigenvalue weighted by Gasteiger charge is 2.19. The number of sulfone groups is 1. The average Bonchev–Trinajstić information content (AvgIpc) is 2.71. The Kier molecular flexibility index (Phi) is 4.31. The van der Waals surface area contributed by atoms with Gasteiger partial charge in [0, 0.05) is 9.35 Å². The van der Waals surface area contributed by atoms with E-state index >= 15 is 0 Å². The molecule has 1 aromatic heterocycles. The second-order valence-corrected chi connectivity index (χ2v) is 8.37. The number of carboxylic acids is 1. The van der Waals surface area contributed by atoms with Gasteiger partial charge in [0.05, 0.1) is 10.6 Å². The van der Waals surface area contributed by atoms with Gasteiger partial charge in [-0.3, -0.25) is 0 Å². The molecule has 0 saturated heterocycles. The number of halogens is 1. The van der Waals surface area contributed by atoms with Crippen molar-refractivity contribution in [1.82, 2.24) is 0 Å². The molecule has 0 aliphatic heterocycles. The van der Waals surface area contributed by atoms with E-state index in [-0.39, 0.29) is 15.5 Å². The smallest absolute Gasteiger partial charge is 0.345 e. The Morgan fingerprint density at radius 3 is 2.40 bits per heavy atom. The van der Waals surface area contributed by atoms with E-state index in [9.17, 15) is 13.2 Å². The van der Waals surface area contributed by atoms with Crippen LogP contribution in [0.25, 0.3) is 0 Å². The highest BCUT2D eigenvalue weighted by molar-refractivity contribution is 9.10. The van der Waals surface area contributed by atoms with E-state index in [1.807, 2.05) is 0 Å². The molecule has 1 N–H and O–H groups in total. The third-order valence-corrected chi connectivity index (χ3v) is 6.04. The van der Waals surface area contributed by atoms with Crippen molar-refractivity contribution in [1.29, 1.82) is 0 Å². The maximum atomic E-state index is 12.3. The molecular formula is C13H11BrO4S2. The van der Waals surface area contributed by atoms with Crippen molar-refractivity contribution in [3.63, 3.8) is 0 Å². The number of aromatic carboxylic acids is 1. The van der Waals surface area contributed by atoms with Gasteiger partial charge in [0.25, 0.3) is 0 Å². The number of thiophene rings is 1. The molecule has 20 heavy (non-hydrogen) atoms. The molecule has 0 bridgehead atoms. The first-order chi connectivity index (χ1) is 9.29. The topological polar surface area (TPSA) is 71.4 Å².